The molecule has 9 heteroatoms. The van der Waals surface area contributed by atoms with Crippen molar-refractivity contribution in [3.63, 3.8) is 0 Å². The minimum absolute atomic E-state index is 0.0601. The fourth-order valence-electron chi connectivity index (χ4n) is 3.00. The average molecular weight is 428 g/mol. The summed E-state index contributed by atoms with van der Waals surface area (Å²) in [6.45, 7) is 0.218. The number of halogens is 1. The lowest BCUT2D eigenvalue weighted by molar-refractivity contribution is 0.0949. The molecule has 0 atom stereocenters. The number of carbonyl (C=O) groups is 2. The molecule has 2 aromatic carbocycles. The SMILES string of the molecule is O=C(NCc1ccc(Cl)nc1)c1ccc2c(c1)NC(=O)c1ccccc1S2(=O)=O. The van der Waals surface area contributed by atoms with Crippen LogP contribution < -0.4 is 10.6 Å². The van der Waals surface area contributed by atoms with Gasteiger partial charge < -0.3 is 10.6 Å². The van der Waals surface area contributed by atoms with Gasteiger partial charge in [0.25, 0.3) is 11.8 Å². The predicted octanol–water partition coefficient (Wildman–Crippen LogP) is 3.06. The van der Waals surface area contributed by atoms with Crippen LogP contribution in [0.15, 0.2) is 70.6 Å². The van der Waals surface area contributed by atoms with Gasteiger partial charge in [-0.1, -0.05) is 29.8 Å². The number of nitrogens with zero attached hydrogens (tertiary/aromatic N) is 1. The molecule has 2 amide bonds. The third-order valence-electron chi connectivity index (χ3n) is 4.44. The summed E-state index contributed by atoms with van der Waals surface area (Å²) in [5.74, 6) is -0.969. The quantitative estimate of drug-likeness (QED) is 0.625. The molecule has 4 rings (SSSR count). The Balaban J connectivity index is 1.64. The number of nitrogens with one attached hydrogen (secondary N) is 2. The molecule has 0 saturated carbocycles. The Hall–Kier alpha value is -3.23. The predicted molar refractivity (Wildman–Crippen MR) is 107 cm³/mol. The highest BCUT2D eigenvalue weighted by Gasteiger charge is 2.31. The molecule has 0 spiro atoms. The van der Waals surface area contributed by atoms with Crippen LogP contribution in [0.2, 0.25) is 5.15 Å². The third kappa shape index (κ3) is 3.59. The molecule has 29 heavy (non-hydrogen) atoms. The number of hydrogen-bond donors (Lipinski definition) is 2. The normalized spacial score (nSPS) is 14.2. The molecule has 2 N–H and O–H groups in total. The van der Waals surface area contributed by atoms with Gasteiger partial charge >= 0.3 is 0 Å². The highest BCUT2D eigenvalue weighted by molar-refractivity contribution is 7.91. The second-order valence-electron chi connectivity index (χ2n) is 6.34. The summed E-state index contributed by atoms with van der Waals surface area (Å²) in [6, 6.07) is 13.4. The number of amides is 2. The zero-order valence-electron chi connectivity index (χ0n) is 14.8. The number of hydrogen-bond acceptors (Lipinski definition) is 5. The van der Waals surface area contributed by atoms with Crippen LogP contribution in [0.25, 0.3) is 0 Å². The number of rotatable bonds is 3. The van der Waals surface area contributed by atoms with E-state index in [2.05, 4.69) is 15.6 Å². The Labute approximate surface area is 171 Å². The van der Waals surface area contributed by atoms with Crippen molar-refractivity contribution in [1.29, 1.82) is 0 Å². The Morgan fingerprint density at radius 3 is 2.62 bits per heavy atom. The summed E-state index contributed by atoms with van der Waals surface area (Å²) < 4.78 is 25.9. The maximum atomic E-state index is 13.0. The number of anilines is 1. The molecule has 0 saturated heterocycles. The Morgan fingerprint density at radius 2 is 1.86 bits per heavy atom. The molecule has 0 unspecified atom stereocenters. The molecule has 0 aliphatic carbocycles. The van der Waals surface area contributed by atoms with Gasteiger partial charge in [-0.05, 0) is 42.0 Å². The van der Waals surface area contributed by atoms with Gasteiger partial charge in [-0.25, -0.2) is 13.4 Å². The van der Waals surface area contributed by atoms with Gasteiger partial charge in [0, 0.05) is 18.3 Å². The fourth-order valence-corrected chi connectivity index (χ4v) is 4.70. The zero-order chi connectivity index (χ0) is 20.6. The van der Waals surface area contributed by atoms with E-state index >= 15 is 0 Å². The summed E-state index contributed by atoms with van der Waals surface area (Å²) in [5, 5.41) is 5.66. The van der Waals surface area contributed by atoms with Crippen molar-refractivity contribution in [2.24, 2.45) is 0 Å². The number of aromatic nitrogens is 1. The monoisotopic (exact) mass is 427 g/mol. The van der Waals surface area contributed by atoms with E-state index in [1.807, 2.05) is 0 Å². The molecule has 0 fully saturated rings. The van der Waals surface area contributed by atoms with Crippen molar-refractivity contribution in [3.8, 4) is 0 Å². The summed E-state index contributed by atoms with van der Waals surface area (Å²) in [7, 11) is -3.91. The standard InChI is InChI=1S/C20H14ClN3O4S/c21-18-8-5-12(10-22-18)11-23-19(25)13-6-7-17-15(9-13)24-20(26)14-3-1-2-4-16(14)29(17,27)28/h1-10H,11H2,(H,23,25)(H,24,26). The van der Waals surface area contributed by atoms with Crippen molar-refractivity contribution in [2.75, 3.05) is 5.32 Å². The van der Waals surface area contributed by atoms with Gasteiger partial charge in [0.1, 0.15) is 5.15 Å². The first-order chi connectivity index (χ1) is 13.9. The maximum Gasteiger partial charge on any atom is 0.257 e. The van der Waals surface area contributed by atoms with Crippen LogP contribution in [0.4, 0.5) is 5.69 Å². The van der Waals surface area contributed by atoms with Crippen molar-refractivity contribution in [3.05, 3.63) is 82.6 Å². The van der Waals surface area contributed by atoms with E-state index in [0.29, 0.717) is 5.15 Å². The van der Waals surface area contributed by atoms with Crippen LogP contribution in [0.1, 0.15) is 26.3 Å². The van der Waals surface area contributed by atoms with Gasteiger partial charge in [-0.15, -0.1) is 0 Å². The van der Waals surface area contributed by atoms with E-state index < -0.39 is 21.7 Å². The Morgan fingerprint density at radius 1 is 1.07 bits per heavy atom. The van der Waals surface area contributed by atoms with Gasteiger partial charge in [0.05, 0.1) is 21.0 Å². The van der Waals surface area contributed by atoms with E-state index in [9.17, 15) is 18.0 Å². The second-order valence-corrected chi connectivity index (χ2v) is 8.61. The first-order valence-electron chi connectivity index (χ1n) is 8.54. The summed E-state index contributed by atoms with van der Waals surface area (Å²) in [5.41, 5.74) is 1.09. The maximum absolute atomic E-state index is 13.0. The molecule has 0 bridgehead atoms. The molecule has 1 aliphatic rings. The first kappa shape index (κ1) is 19.1. The summed E-state index contributed by atoms with van der Waals surface area (Å²) in [6.07, 6.45) is 1.55. The molecule has 0 radical (unpaired) electrons. The van der Waals surface area contributed by atoms with Crippen LogP contribution in [0, 0.1) is 0 Å². The lowest BCUT2D eigenvalue weighted by Crippen LogP contribution is -2.23. The van der Waals surface area contributed by atoms with E-state index in [0.717, 1.165) is 5.56 Å². The van der Waals surface area contributed by atoms with Crippen LogP contribution in [0.5, 0.6) is 0 Å². The third-order valence-corrected chi connectivity index (χ3v) is 6.54. The van der Waals surface area contributed by atoms with Gasteiger partial charge in [-0.3, -0.25) is 9.59 Å². The number of benzene rings is 2. The minimum Gasteiger partial charge on any atom is -0.348 e. The lowest BCUT2D eigenvalue weighted by atomic mass is 10.1. The van der Waals surface area contributed by atoms with Gasteiger partial charge in [0.15, 0.2) is 0 Å². The van der Waals surface area contributed by atoms with Crippen molar-refractivity contribution >= 4 is 38.9 Å². The summed E-state index contributed by atoms with van der Waals surface area (Å²) in [4.78, 5) is 28.8. The van der Waals surface area contributed by atoms with Gasteiger partial charge in [0.2, 0.25) is 9.84 Å². The Kier molecular flexibility index (Phi) is 4.81. The number of fused-ring (bicyclic) bond motifs is 2. The first-order valence-corrected chi connectivity index (χ1v) is 10.4. The lowest BCUT2D eigenvalue weighted by Gasteiger charge is -2.10. The topological polar surface area (TPSA) is 105 Å². The van der Waals surface area contributed by atoms with Crippen LogP contribution in [-0.2, 0) is 16.4 Å². The molecule has 146 valence electrons. The van der Waals surface area contributed by atoms with E-state index in [4.69, 9.17) is 11.6 Å². The molecule has 3 aromatic rings. The second kappa shape index (κ2) is 7.31. The highest BCUT2D eigenvalue weighted by Crippen LogP contribution is 2.34. The zero-order valence-corrected chi connectivity index (χ0v) is 16.4. The number of carbonyl (C=O) groups excluding carboxylic acids is 2. The molecular formula is C20H14ClN3O4S. The Bertz CT molecular complexity index is 1240. The number of sulfone groups is 1. The van der Waals surface area contributed by atoms with E-state index in [1.54, 1.807) is 30.5 Å². The average Bonchev–Trinajstić information content (AvgIpc) is 2.80. The van der Waals surface area contributed by atoms with E-state index in [-0.39, 0.29) is 33.2 Å². The van der Waals surface area contributed by atoms with E-state index in [1.165, 1.54) is 30.3 Å². The smallest absolute Gasteiger partial charge is 0.257 e. The number of pyridine rings is 1. The van der Waals surface area contributed by atoms with Crippen LogP contribution in [0.3, 0.4) is 0 Å². The molecule has 1 aromatic heterocycles. The fraction of sp³-hybridized carbons (Fsp3) is 0.0500. The largest absolute Gasteiger partial charge is 0.348 e. The van der Waals surface area contributed by atoms with Gasteiger partial charge in [-0.2, -0.15) is 0 Å². The molecular weight excluding hydrogens is 414 g/mol. The molecule has 1 aliphatic heterocycles. The molecule has 2 heterocycles. The van der Waals surface area contributed by atoms with Crippen LogP contribution in [-0.4, -0.2) is 25.2 Å². The van der Waals surface area contributed by atoms with Crippen molar-refractivity contribution < 1.29 is 18.0 Å². The van der Waals surface area contributed by atoms with Crippen molar-refractivity contribution in [1.82, 2.24) is 10.3 Å². The van der Waals surface area contributed by atoms with Crippen LogP contribution >= 0.6 is 11.6 Å². The van der Waals surface area contributed by atoms with Crippen molar-refractivity contribution in [2.45, 2.75) is 16.3 Å². The minimum atomic E-state index is -3.91. The highest BCUT2D eigenvalue weighted by atomic mass is 35.5. The summed E-state index contributed by atoms with van der Waals surface area (Å²) >= 11 is 5.74. The molecule has 7 nitrogen and oxygen atoms in total.